The molecule has 0 bridgehead atoms. The van der Waals surface area contributed by atoms with E-state index in [9.17, 15) is 14.3 Å². The van der Waals surface area contributed by atoms with Crippen molar-refractivity contribution >= 4 is 11.7 Å². The number of likely N-dealkylation sites (tertiary alicyclic amines) is 1. The van der Waals surface area contributed by atoms with Crippen LogP contribution in [0.4, 0.5) is 14.9 Å². The molecule has 0 unspecified atom stereocenters. The van der Waals surface area contributed by atoms with Crippen LogP contribution < -0.4 is 5.32 Å². The second-order valence-electron chi connectivity index (χ2n) is 4.13. The summed E-state index contributed by atoms with van der Waals surface area (Å²) < 4.78 is 13.3. The van der Waals surface area contributed by atoms with E-state index in [1.54, 1.807) is 17.0 Å². The predicted octanol–water partition coefficient (Wildman–Crippen LogP) is 1.81. The maximum Gasteiger partial charge on any atom is 0.321 e. The van der Waals surface area contributed by atoms with E-state index in [1.165, 1.54) is 12.1 Å². The zero-order valence-corrected chi connectivity index (χ0v) is 9.40. The Labute approximate surface area is 99.0 Å². The van der Waals surface area contributed by atoms with Crippen LogP contribution in [0, 0.1) is 5.82 Å². The first-order valence-corrected chi connectivity index (χ1v) is 5.65. The summed E-state index contributed by atoms with van der Waals surface area (Å²) in [6.45, 7) is 1.00. The van der Waals surface area contributed by atoms with Crippen molar-refractivity contribution < 1.29 is 14.3 Å². The lowest BCUT2D eigenvalue weighted by Crippen LogP contribution is -2.42. The van der Waals surface area contributed by atoms with Crippen LogP contribution >= 0.6 is 0 Å². The molecule has 1 saturated heterocycles. The number of aliphatic hydroxyl groups excluding tert-OH is 1. The van der Waals surface area contributed by atoms with Crippen LogP contribution in [0.2, 0.25) is 0 Å². The van der Waals surface area contributed by atoms with Crippen molar-refractivity contribution in [3.05, 3.63) is 30.1 Å². The smallest absolute Gasteiger partial charge is 0.321 e. The number of halogens is 1. The summed E-state index contributed by atoms with van der Waals surface area (Å²) in [4.78, 5) is 13.4. The third-order valence-electron chi connectivity index (χ3n) is 2.87. The molecule has 0 aliphatic carbocycles. The van der Waals surface area contributed by atoms with E-state index in [4.69, 9.17) is 0 Å². The highest BCUT2D eigenvalue weighted by molar-refractivity contribution is 5.89. The highest BCUT2D eigenvalue weighted by atomic mass is 19.1. The molecule has 0 aromatic heterocycles. The fourth-order valence-corrected chi connectivity index (χ4v) is 1.83. The number of hydrogen-bond donors (Lipinski definition) is 2. The molecule has 2 N–H and O–H groups in total. The van der Waals surface area contributed by atoms with Crippen molar-refractivity contribution in [2.75, 3.05) is 18.4 Å². The van der Waals surface area contributed by atoms with Gasteiger partial charge in [0.1, 0.15) is 5.82 Å². The number of nitrogens with zero attached hydrogens (tertiary/aromatic N) is 1. The van der Waals surface area contributed by atoms with E-state index in [-0.39, 0.29) is 17.8 Å². The van der Waals surface area contributed by atoms with Crippen molar-refractivity contribution in [3.63, 3.8) is 0 Å². The van der Waals surface area contributed by atoms with E-state index in [0.717, 1.165) is 0 Å². The lowest BCUT2D eigenvalue weighted by molar-refractivity contribution is 0.0972. The molecule has 2 rings (SSSR count). The molecular weight excluding hydrogens is 223 g/mol. The summed E-state index contributed by atoms with van der Waals surface area (Å²) in [6.07, 6.45) is 0.822. The van der Waals surface area contributed by atoms with Crippen molar-refractivity contribution in [2.24, 2.45) is 0 Å². The average Bonchev–Trinajstić information content (AvgIpc) is 2.33. The molecule has 0 saturated carbocycles. The standard InChI is InChI=1S/C12H15FN2O2/c13-10-3-1-2-4-11(10)14-12(17)15-7-5-9(16)6-8-15/h1-4,9,16H,5-8H2,(H,14,17). The fourth-order valence-electron chi connectivity index (χ4n) is 1.83. The van der Waals surface area contributed by atoms with Gasteiger partial charge in [-0.2, -0.15) is 0 Å². The molecular formula is C12H15FN2O2. The van der Waals surface area contributed by atoms with Crippen LogP contribution in [0.1, 0.15) is 12.8 Å². The molecule has 5 heteroatoms. The molecule has 17 heavy (non-hydrogen) atoms. The Morgan fingerprint density at radius 1 is 1.35 bits per heavy atom. The number of para-hydroxylation sites is 1. The number of carbonyl (C=O) groups excluding carboxylic acids is 1. The molecule has 2 amide bonds. The molecule has 0 radical (unpaired) electrons. The van der Waals surface area contributed by atoms with Gasteiger partial charge in [0.25, 0.3) is 0 Å². The Bertz CT molecular complexity index is 403. The SMILES string of the molecule is O=C(Nc1ccccc1F)N1CCC(O)CC1. The Kier molecular flexibility index (Phi) is 3.58. The van der Waals surface area contributed by atoms with Gasteiger partial charge in [-0.3, -0.25) is 0 Å². The monoisotopic (exact) mass is 238 g/mol. The average molecular weight is 238 g/mol. The van der Waals surface area contributed by atoms with Gasteiger partial charge >= 0.3 is 6.03 Å². The molecule has 1 aliphatic rings. The van der Waals surface area contributed by atoms with Crippen molar-refractivity contribution in [1.29, 1.82) is 0 Å². The van der Waals surface area contributed by atoms with Gasteiger partial charge in [-0.05, 0) is 25.0 Å². The van der Waals surface area contributed by atoms with Gasteiger partial charge < -0.3 is 15.3 Å². The molecule has 1 fully saturated rings. The number of benzene rings is 1. The number of carbonyl (C=O) groups is 1. The largest absolute Gasteiger partial charge is 0.393 e. The summed E-state index contributed by atoms with van der Waals surface area (Å²) in [5.41, 5.74) is 0.184. The molecule has 0 atom stereocenters. The molecule has 1 heterocycles. The van der Waals surface area contributed by atoms with Crippen LogP contribution in [0.5, 0.6) is 0 Å². The van der Waals surface area contributed by atoms with Crippen molar-refractivity contribution in [1.82, 2.24) is 4.90 Å². The first-order valence-electron chi connectivity index (χ1n) is 5.65. The number of nitrogens with one attached hydrogen (secondary N) is 1. The van der Waals surface area contributed by atoms with Gasteiger partial charge in [0.2, 0.25) is 0 Å². The summed E-state index contributed by atoms with van der Waals surface area (Å²) in [5, 5.41) is 11.8. The van der Waals surface area contributed by atoms with Crippen LogP contribution in [-0.4, -0.2) is 35.2 Å². The third kappa shape index (κ3) is 2.94. The minimum atomic E-state index is -0.446. The zero-order chi connectivity index (χ0) is 12.3. The lowest BCUT2D eigenvalue weighted by Gasteiger charge is -2.29. The van der Waals surface area contributed by atoms with Crippen molar-refractivity contribution in [3.8, 4) is 0 Å². The molecule has 4 nitrogen and oxygen atoms in total. The van der Waals surface area contributed by atoms with E-state index in [0.29, 0.717) is 25.9 Å². The predicted molar refractivity (Wildman–Crippen MR) is 62.2 cm³/mol. The van der Waals surface area contributed by atoms with Gasteiger partial charge in [0.15, 0.2) is 0 Å². The number of aliphatic hydroxyl groups is 1. The number of rotatable bonds is 1. The highest BCUT2D eigenvalue weighted by Gasteiger charge is 2.21. The maximum atomic E-state index is 13.3. The Balaban J connectivity index is 1.95. The van der Waals surface area contributed by atoms with Crippen LogP contribution in [0.3, 0.4) is 0 Å². The van der Waals surface area contributed by atoms with Gasteiger partial charge in [0, 0.05) is 13.1 Å². The second kappa shape index (κ2) is 5.14. The number of anilines is 1. The quantitative estimate of drug-likeness (QED) is 0.784. The Hall–Kier alpha value is -1.62. The zero-order valence-electron chi connectivity index (χ0n) is 9.40. The normalized spacial score (nSPS) is 16.9. The highest BCUT2D eigenvalue weighted by Crippen LogP contribution is 2.15. The summed E-state index contributed by atoms with van der Waals surface area (Å²) in [7, 11) is 0. The minimum absolute atomic E-state index is 0.184. The molecule has 92 valence electrons. The van der Waals surface area contributed by atoms with E-state index in [2.05, 4.69) is 5.32 Å². The lowest BCUT2D eigenvalue weighted by atomic mass is 10.1. The van der Waals surface area contributed by atoms with Crippen molar-refractivity contribution in [2.45, 2.75) is 18.9 Å². The minimum Gasteiger partial charge on any atom is -0.393 e. The Morgan fingerprint density at radius 3 is 2.65 bits per heavy atom. The topological polar surface area (TPSA) is 52.6 Å². The summed E-state index contributed by atoms with van der Waals surface area (Å²) >= 11 is 0. The van der Waals surface area contributed by atoms with Crippen LogP contribution in [-0.2, 0) is 0 Å². The first-order chi connectivity index (χ1) is 8.16. The molecule has 1 aromatic rings. The number of hydrogen-bond acceptors (Lipinski definition) is 2. The van der Waals surface area contributed by atoms with Gasteiger partial charge in [0.05, 0.1) is 11.8 Å². The summed E-state index contributed by atoms with van der Waals surface area (Å²) in [5.74, 6) is -0.446. The van der Waals surface area contributed by atoms with Gasteiger partial charge in [-0.25, -0.2) is 9.18 Å². The molecule has 0 spiro atoms. The fraction of sp³-hybridized carbons (Fsp3) is 0.417. The van der Waals surface area contributed by atoms with Gasteiger partial charge in [-0.15, -0.1) is 0 Å². The molecule has 1 aromatic carbocycles. The van der Waals surface area contributed by atoms with E-state index in [1.807, 2.05) is 0 Å². The van der Waals surface area contributed by atoms with Gasteiger partial charge in [-0.1, -0.05) is 12.1 Å². The number of piperidine rings is 1. The number of amides is 2. The summed E-state index contributed by atoms with van der Waals surface area (Å²) in [6, 6.07) is 5.74. The molecule has 1 aliphatic heterocycles. The van der Waals surface area contributed by atoms with E-state index < -0.39 is 5.82 Å². The van der Waals surface area contributed by atoms with Crippen LogP contribution in [0.25, 0.3) is 0 Å². The second-order valence-corrected chi connectivity index (χ2v) is 4.13. The first kappa shape index (κ1) is 11.9. The Morgan fingerprint density at radius 2 is 2.00 bits per heavy atom. The third-order valence-corrected chi connectivity index (χ3v) is 2.87. The van der Waals surface area contributed by atoms with Crippen LogP contribution in [0.15, 0.2) is 24.3 Å². The number of urea groups is 1. The van der Waals surface area contributed by atoms with E-state index >= 15 is 0 Å². The maximum absolute atomic E-state index is 13.3.